The molecule has 31 heavy (non-hydrogen) atoms. The van der Waals surface area contributed by atoms with Crippen LogP contribution < -0.4 is 10.9 Å². The van der Waals surface area contributed by atoms with Crippen molar-refractivity contribution in [1.82, 2.24) is 20.2 Å². The van der Waals surface area contributed by atoms with E-state index in [9.17, 15) is 4.79 Å². The summed E-state index contributed by atoms with van der Waals surface area (Å²) >= 11 is 4.73. The van der Waals surface area contributed by atoms with Gasteiger partial charge in [-0.05, 0) is 54.9 Å². The lowest BCUT2D eigenvalue weighted by atomic mass is 9.89. The van der Waals surface area contributed by atoms with Crippen molar-refractivity contribution in [2.24, 2.45) is 5.92 Å². The standard InChI is InChI=1S/C22H23N5OS3/c1-3-13-5-7-14(8-6-13)23-21-26-27-22(31-21)29-11-17-24-19(28)18-15-9-4-12(2)10-16(15)30-20(18)25-17/h5-8,12H,3-4,9-11H2,1-2H3,(H,23,26)(H,24,25,28)/t12-/m0/s1. The minimum Gasteiger partial charge on any atom is -0.330 e. The predicted molar refractivity (Wildman–Crippen MR) is 130 cm³/mol. The molecular formula is C22H23N5OS3. The zero-order valence-electron chi connectivity index (χ0n) is 17.4. The molecule has 0 saturated heterocycles. The highest BCUT2D eigenvalue weighted by atomic mass is 32.2. The first-order chi connectivity index (χ1) is 15.1. The van der Waals surface area contributed by atoms with Gasteiger partial charge in [0.05, 0.1) is 11.1 Å². The summed E-state index contributed by atoms with van der Waals surface area (Å²) < 4.78 is 0.842. The smallest absolute Gasteiger partial charge is 0.259 e. The van der Waals surface area contributed by atoms with Crippen molar-refractivity contribution in [3.63, 3.8) is 0 Å². The molecule has 1 aliphatic carbocycles. The maximum atomic E-state index is 12.7. The number of anilines is 2. The Morgan fingerprint density at radius 3 is 2.87 bits per heavy atom. The Balaban J connectivity index is 1.28. The minimum atomic E-state index is -0.0113. The molecular weight excluding hydrogens is 446 g/mol. The molecule has 160 valence electrons. The molecule has 9 heteroatoms. The van der Waals surface area contributed by atoms with Gasteiger partial charge in [0, 0.05) is 10.6 Å². The topological polar surface area (TPSA) is 83.6 Å². The first kappa shape index (κ1) is 20.7. The Bertz CT molecular complexity index is 1270. The maximum absolute atomic E-state index is 12.7. The maximum Gasteiger partial charge on any atom is 0.259 e. The summed E-state index contributed by atoms with van der Waals surface area (Å²) in [5.41, 5.74) is 3.51. The molecule has 0 bridgehead atoms. The fourth-order valence-electron chi connectivity index (χ4n) is 3.86. The van der Waals surface area contributed by atoms with Crippen LogP contribution in [-0.4, -0.2) is 20.2 Å². The van der Waals surface area contributed by atoms with Crippen molar-refractivity contribution < 1.29 is 0 Å². The van der Waals surface area contributed by atoms with Crippen molar-refractivity contribution in [2.45, 2.75) is 49.6 Å². The summed E-state index contributed by atoms with van der Waals surface area (Å²) in [6, 6.07) is 8.33. The van der Waals surface area contributed by atoms with Crippen molar-refractivity contribution in [1.29, 1.82) is 0 Å². The van der Waals surface area contributed by atoms with Gasteiger partial charge in [-0.1, -0.05) is 49.1 Å². The lowest BCUT2D eigenvalue weighted by Crippen LogP contribution is -2.14. The summed E-state index contributed by atoms with van der Waals surface area (Å²) in [5.74, 6) is 1.93. The third-order valence-corrected chi connectivity index (χ3v) is 8.70. The highest BCUT2D eigenvalue weighted by Crippen LogP contribution is 2.36. The van der Waals surface area contributed by atoms with Gasteiger partial charge in [0.15, 0.2) is 4.34 Å². The van der Waals surface area contributed by atoms with Gasteiger partial charge in [0.2, 0.25) is 5.13 Å². The molecule has 3 aromatic heterocycles. The monoisotopic (exact) mass is 469 g/mol. The van der Waals surface area contributed by atoms with Crippen LogP contribution in [0.5, 0.6) is 0 Å². The van der Waals surface area contributed by atoms with E-state index in [1.165, 1.54) is 27.3 Å². The van der Waals surface area contributed by atoms with Crippen LogP contribution in [0.25, 0.3) is 10.2 Å². The molecule has 1 atom stereocenters. The number of hydrogen-bond donors (Lipinski definition) is 2. The second-order valence-electron chi connectivity index (χ2n) is 7.88. The van der Waals surface area contributed by atoms with E-state index in [0.717, 1.165) is 51.1 Å². The molecule has 4 aromatic rings. The number of nitrogens with one attached hydrogen (secondary N) is 2. The van der Waals surface area contributed by atoms with Crippen LogP contribution >= 0.6 is 34.4 Å². The number of benzene rings is 1. The van der Waals surface area contributed by atoms with Gasteiger partial charge >= 0.3 is 0 Å². The lowest BCUT2D eigenvalue weighted by molar-refractivity contribution is 0.509. The average molecular weight is 470 g/mol. The predicted octanol–water partition coefficient (Wildman–Crippen LogP) is 5.56. The van der Waals surface area contributed by atoms with Crippen LogP contribution in [0, 0.1) is 5.92 Å². The molecule has 0 fully saturated rings. The molecule has 5 rings (SSSR count). The van der Waals surface area contributed by atoms with Crippen LogP contribution in [0.4, 0.5) is 10.8 Å². The molecule has 0 saturated carbocycles. The molecule has 0 spiro atoms. The zero-order chi connectivity index (χ0) is 21.4. The number of aromatic nitrogens is 4. The molecule has 3 heterocycles. The van der Waals surface area contributed by atoms with Crippen molar-refractivity contribution >= 4 is 55.5 Å². The van der Waals surface area contributed by atoms with Crippen molar-refractivity contribution in [3.05, 3.63) is 56.4 Å². The Labute approximate surface area is 192 Å². The molecule has 1 aliphatic rings. The summed E-state index contributed by atoms with van der Waals surface area (Å²) in [7, 11) is 0. The third kappa shape index (κ3) is 4.40. The molecule has 0 amide bonds. The number of thioether (sulfide) groups is 1. The molecule has 0 radical (unpaired) electrons. The van der Waals surface area contributed by atoms with Crippen LogP contribution in [0.2, 0.25) is 0 Å². The number of fused-ring (bicyclic) bond motifs is 3. The van der Waals surface area contributed by atoms with E-state index in [4.69, 9.17) is 4.98 Å². The summed E-state index contributed by atoms with van der Waals surface area (Å²) in [6.45, 7) is 4.42. The van der Waals surface area contributed by atoms with E-state index < -0.39 is 0 Å². The van der Waals surface area contributed by atoms with Gasteiger partial charge in [0.1, 0.15) is 10.7 Å². The normalized spacial score (nSPS) is 15.9. The summed E-state index contributed by atoms with van der Waals surface area (Å²) in [4.78, 5) is 22.7. The minimum absolute atomic E-state index is 0.0113. The second-order valence-corrected chi connectivity index (χ2v) is 11.2. The highest BCUT2D eigenvalue weighted by Gasteiger charge is 2.23. The van der Waals surface area contributed by atoms with Crippen LogP contribution in [0.3, 0.4) is 0 Å². The van der Waals surface area contributed by atoms with Gasteiger partial charge in [-0.2, -0.15) is 0 Å². The van der Waals surface area contributed by atoms with E-state index in [-0.39, 0.29) is 5.56 Å². The second kappa shape index (κ2) is 8.72. The number of rotatable bonds is 6. The van der Waals surface area contributed by atoms with Gasteiger partial charge < -0.3 is 10.3 Å². The number of thiophene rings is 1. The Morgan fingerprint density at radius 1 is 1.23 bits per heavy atom. The number of aryl methyl sites for hydroxylation is 2. The Morgan fingerprint density at radius 2 is 2.06 bits per heavy atom. The first-order valence-corrected chi connectivity index (χ1v) is 13.1. The van der Waals surface area contributed by atoms with Gasteiger partial charge in [0.25, 0.3) is 5.56 Å². The fourth-order valence-corrected chi connectivity index (χ4v) is 6.90. The Kier molecular flexibility index (Phi) is 5.81. The molecule has 2 N–H and O–H groups in total. The molecule has 1 aromatic carbocycles. The van der Waals surface area contributed by atoms with Crippen LogP contribution in [0.1, 0.15) is 42.1 Å². The van der Waals surface area contributed by atoms with E-state index in [0.29, 0.717) is 17.5 Å². The largest absolute Gasteiger partial charge is 0.330 e. The molecule has 0 unspecified atom stereocenters. The third-order valence-electron chi connectivity index (χ3n) is 5.57. The van der Waals surface area contributed by atoms with Gasteiger partial charge in [-0.15, -0.1) is 21.5 Å². The molecule has 0 aliphatic heterocycles. The number of nitrogens with zero attached hydrogens (tertiary/aromatic N) is 3. The van der Waals surface area contributed by atoms with E-state index >= 15 is 0 Å². The van der Waals surface area contributed by atoms with Crippen molar-refractivity contribution in [2.75, 3.05) is 5.32 Å². The van der Waals surface area contributed by atoms with E-state index in [1.807, 2.05) is 0 Å². The highest BCUT2D eigenvalue weighted by molar-refractivity contribution is 8.00. The van der Waals surface area contributed by atoms with E-state index in [2.05, 4.69) is 58.6 Å². The summed E-state index contributed by atoms with van der Waals surface area (Å²) in [5, 5.41) is 13.3. The first-order valence-electron chi connectivity index (χ1n) is 10.4. The Hall–Kier alpha value is -2.23. The SMILES string of the molecule is CCc1ccc(Nc2nnc(SCc3nc4sc5c(c4c(=O)[nH]3)CC[C@H](C)C5)s2)cc1. The number of hydrogen-bond acceptors (Lipinski definition) is 8. The van der Waals surface area contributed by atoms with Crippen molar-refractivity contribution in [3.8, 4) is 0 Å². The lowest BCUT2D eigenvalue weighted by Gasteiger charge is -2.17. The average Bonchev–Trinajstić information content (AvgIpc) is 3.36. The van der Waals surface area contributed by atoms with Gasteiger partial charge in [-0.25, -0.2) is 4.98 Å². The zero-order valence-corrected chi connectivity index (χ0v) is 19.8. The van der Waals surface area contributed by atoms with Gasteiger partial charge in [-0.3, -0.25) is 4.79 Å². The quantitative estimate of drug-likeness (QED) is 0.360. The fraction of sp³-hybridized carbons (Fsp3) is 0.364. The van der Waals surface area contributed by atoms with E-state index in [1.54, 1.807) is 23.1 Å². The molecule has 6 nitrogen and oxygen atoms in total. The number of H-pyrrole nitrogens is 1. The van der Waals surface area contributed by atoms with Crippen LogP contribution in [-0.2, 0) is 25.0 Å². The van der Waals surface area contributed by atoms with Crippen LogP contribution in [0.15, 0.2) is 33.4 Å². The summed E-state index contributed by atoms with van der Waals surface area (Å²) in [6.07, 6.45) is 4.21. The number of aromatic amines is 1.